The molecule has 3 N–H and O–H groups in total. The van der Waals surface area contributed by atoms with Crippen molar-refractivity contribution >= 4 is 10.9 Å². The lowest BCUT2D eigenvalue weighted by Crippen LogP contribution is -3.27. The zero-order valence-electron chi connectivity index (χ0n) is 18.7. The van der Waals surface area contributed by atoms with E-state index in [1.807, 2.05) is 42.5 Å². The molecular formula is C27H31N3O2+2. The van der Waals surface area contributed by atoms with Crippen LogP contribution < -0.4 is 14.5 Å². The Bertz CT molecular complexity index is 1190. The lowest BCUT2D eigenvalue weighted by atomic mass is 9.91. The normalized spacial score (nSPS) is 19.7. The monoisotopic (exact) mass is 429 g/mol. The summed E-state index contributed by atoms with van der Waals surface area (Å²) in [6, 6.07) is 27.0. The van der Waals surface area contributed by atoms with Crippen molar-refractivity contribution in [3.8, 4) is 17.0 Å². The van der Waals surface area contributed by atoms with Crippen molar-refractivity contribution in [3.63, 3.8) is 0 Å². The molecule has 0 spiro atoms. The first-order valence-electron chi connectivity index (χ1n) is 11.3. The smallest absolute Gasteiger partial charge is 0.142 e. The number of likely N-dealkylation sites (N-methyl/N-ethyl adjacent to an activating group) is 1. The summed E-state index contributed by atoms with van der Waals surface area (Å²) >= 11 is 0. The Hall–Kier alpha value is -3.28. The van der Waals surface area contributed by atoms with Crippen molar-refractivity contribution in [2.45, 2.75) is 6.04 Å². The van der Waals surface area contributed by atoms with Crippen LogP contribution in [0.5, 0.6) is 5.75 Å². The molecule has 0 amide bonds. The predicted octanol–water partition coefficient (Wildman–Crippen LogP) is 2.06. The molecule has 32 heavy (non-hydrogen) atoms. The van der Waals surface area contributed by atoms with Gasteiger partial charge >= 0.3 is 0 Å². The van der Waals surface area contributed by atoms with Gasteiger partial charge in [-0.1, -0.05) is 48.5 Å². The van der Waals surface area contributed by atoms with Crippen molar-refractivity contribution in [2.75, 3.05) is 40.3 Å². The van der Waals surface area contributed by atoms with Gasteiger partial charge in [0.05, 0.1) is 30.9 Å². The standard InChI is InChI=1S/C27H29N3O2/c1-28-16-18-29(19-17-28)26(21-12-14-22(32-2)15-13-21)25-23-10-6-7-11-24(23)30(31)27(25)20-8-4-3-5-9-20/h3-15,26,31H,16-19H2,1-2H3/p+2/t26-/m0/s1. The predicted molar refractivity (Wildman–Crippen MR) is 127 cm³/mol. The van der Waals surface area contributed by atoms with E-state index in [0.717, 1.165) is 54.1 Å². The number of methoxy groups -OCH3 is 1. The molecule has 0 saturated carbocycles. The molecule has 5 heteroatoms. The molecule has 1 fully saturated rings. The number of piperazine rings is 1. The molecule has 1 aliphatic heterocycles. The van der Waals surface area contributed by atoms with E-state index in [9.17, 15) is 5.21 Å². The molecule has 3 aromatic carbocycles. The highest BCUT2D eigenvalue weighted by Gasteiger charge is 2.36. The summed E-state index contributed by atoms with van der Waals surface area (Å²) in [6.45, 7) is 4.45. The van der Waals surface area contributed by atoms with Crippen molar-refractivity contribution in [1.29, 1.82) is 0 Å². The Morgan fingerprint density at radius 1 is 0.844 bits per heavy atom. The van der Waals surface area contributed by atoms with Gasteiger partial charge < -0.3 is 19.7 Å². The number of nitrogens with zero attached hydrogens (tertiary/aromatic N) is 1. The molecule has 0 bridgehead atoms. The van der Waals surface area contributed by atoms with E-state index in [2.05, 4.69) is 43.4 Å². The van der Waals surface area contributed by atoms with Gasteiger partial charge in [0.1, 0.15) is 38.0 Å². The third-order valence-corrected chi connectivity index (χ3v) is 6.83. The van der Waals surface area contributed by atoms with Crippen LogP contribution in [0.25, 0.3) is 22.2 Å². The van der Waals surface area contributed by atoms with E-state index < -0.39 is 0 Å². The van der Waals surface area contributed by atoms with Crippen LogP contribution in [0.2, 0.25) is 0 Å². The summed E-state index contributed by atoms with van der Waals surface area (Å²) in [5, 5.41) is 12.4. The van der Waals surface area contributed by atoms with Gasteiger partial charge in [-0.2, -0.15) is 4.73 Å². The van der Waals surface area contributed by atoms with Crippen molar-refractivity contribution < 1.29 is 19.7 Å². The Labute approximate surface area is 189 Å². The third-order valence-electron chi connectivity index (χ3n) is 6.83. The minimum absolute atomic E-state index is 0.113. The second-order valence-corrected chi connectivity index (χ2v) is 8.78. The van der Waals surface area contributed by atoms with E-state index >= 15 is 0 Å². The van der Waals surface area contributed by atoms with Gasteiger partial charge in [0, 0.05) is 16.5 Å². The van der Waals surface area contributed by atoms with Crippen LogP contribution in [0, 0.1) is 0 Å². The first-order chi connectivity index (χ1) is 15.7. The van der Waals surface area contributed by atoms with Crippen LogP contribution in [-0.4, -0.2) is 50.3 Å². The molecule has 1 saturated heterocycles. The first-order valence-corrected chi connectivity index (χ1v) is 11.3. The minimum atomic E-state index is 0.113. The number of quaternary nitrogens is 2. The summed E-state index contributed by atoms with van der Waals surface area (Å²) in [7, 11) is 3.97. The maximum atomic E-state index is 11.3. The molecule has 0 aliphatic carbocycles. The Balaban J connectivity index is 1.76. The second-order valence-electron chi connectivity index (χ2n) is 8.78. The van der Waals surface area contributed by atoms with Gasteiger partial charge in [0.2, 0.25) is 0 Å². The average Bonchev–Trinajstić information content (AvgIpc) is 3.14. The summed E-state index contributed by atoms with van der Waals surface area (Å²) in [6.07, 6.45) is 0. The SMILES string of the molecule is COc1ccc([C@@H](c2c(-c3ccccc3)n(O)c3ccccc23)[NH+]2CC[NH+](C)CC2)cc1. The first kappa shape index (κ1) is 20.6. The quantitative estimate of drug-likeness (QED) is 0.425. The number of hydrogen-bond donors (Lipinski definition) is 3. The largest absolute Gasteiger partial charge is 0.497 e. The summed E-state index contributed by atoms with van der Waals surface area (Å²) < 4.78 is 6.81. The number of fused-ring (bicyclic) bond motifs is 1. The molecule has 5 rings (SSSR count). The molecule has 1 atom stereocenters. The molecule has 4 aromatic rings. The molecule has 0 unspecified atom stereocenters. The van der Waals surface area contributed by atoms with E-state index in [-0.39, 0.29) is 6.04 Å². The summed E-state index contributed by atoms with van der Waals surface area (Å²) in [4.78, 5) is 3.12. The van der Waals surface area contributed by atoms with Crippen LogP contribution >= 0.6 is 0 Å². The fourth-order valence-electron chi connectivity index (χ4n) is 5.10. The van der Waals surface area contributed by atoms with Crippen LogP contribution in [0.15, 0.2) is 78.9 Å². The van der Waals surface area contributed by atoms with Gasteiger partial charge in [-0.25, -0.2) is 0 Å². The van der Waals surface area contributed by atoms with Crippen LogP contribution in [0.3, 0.4) is 0 Å². The number of hydrogen-bond acceptors (Lipinski definition) is 2. The molecule has 0 radical (unpaired) electrons. The van der Waals surface area contributed by atoms with Gasteiger partial charge in [-0.05, 0) is 30.3 Å². The van der Waals surface area contributed by atoms with E-state index in [1.165, 1.54) is 20.8 Å². The van der Waals surface area contributed by atoms with Crippen molar-refractivity contribution in [1.82, 2.24) is 4.73 Å². The van der Waals surface area contributed by atoms with Crippen molar-refractivity contribution in [3.05, 3.63) is 90.0 Å². The molecule has 164 valence electrons. The van der Waals surface area contributed by atoms with Crippen LogP contribution in [0.1, 0.15) is 17.2 Å². The molecule has 2 heterocycles. The zero-order chi connectivity index (χ0) is 22.1. The van der Waals surface area contributed by atoms with E-state index in [1.54, 1.807) is 12.0 Å². The van der Waals surface area contributed by atoms with Crippen molar-refractivity contribution in [2.24, 2.45) is 0 Å². The van der Waals surface area contributed by atoms with Crippen LogP contribution in [0.4, 0.5) is 0 Å². The van der Waals surface area contributed by atoms with E-state index in [0.29, 0.717) is 0 Å². The van der Waals surface area contributed by atoms with Gasteiger partial charge in [-0.15, -0.1) is 0 Å². The molecular weight excluding hydrogens is 398 g/mol. The Morgan fingerprint density at radius 2 is 1.50 bits per heavy atom. The topological polar surface area (TPSA) is 43.3 Å². The number of ether oxygens (including phenoxy) is 1. The van der Waals surface area contributed by atoms with E-state index in [4.69, 9.17) is 4.74 Å². The minimum Gasteiger partial charge on any atom is -0.497 e. The fraction of sp³-hybridized carbons (Fsp3) is 0.259. The Kier molecular flexibility index (Phi) is 5.60. The van der Waals surface area contributed by atoms with Gasteiger partial charge in [0.15, 0.2) is 0 Å². The second kappa shape index (κ2) is 8.69. The number of rotatable bonds is 5. The molecule has 5 nitrogen and oxygen atoms in total. The maximum Gasteiger partial charge on any atom is 0.142 e. The average molecular weight is 430 g/mol. The lowest BCUT2D eigenvalue weighted by Gasteiger charge is -2.34. The van der Waals surface area contributed by atoms with Gasteiger partial charge in [0.25, 0.3) is 0 Å². The maximum absolute atomic E-state index is 11.3. The molecule has 1 aromatic heterocycles. The number of nitrogens with one attached hydrogen (secondary N) is 2. The molecule has 1 aliphatic rings. The lowest BCUT2D eigenvalue weighted by molar-refractivity contribution is -1.02. The van der Waals surface area contributed by atoms with Gasteiger partial charge in [-0.3, -0.25) is 0 Å². The highest BCUT2D eigenvalue weighted by atomic mass is 16.5. The number of aromatic nitrogens is 1. The number of para-hydroxylation sites is 1. The number of benzene rings is 3. The highest BCUT2D eigenvalue weighted by molar-refractivity contribution is 5.92. The van der Waals surface area contributed by atoms with Crippen LogP contribution in [-0.2, 0) is 0 Å². The summed E-state index contributed by atoms with van der Waals surface area (Å²) in [5.41, 5.74) is 5.19. The fourth-order valence-corrected chi connectivity index (χ4v) is 5.10. The Morgan fingerprint density at radius 3 is 2.19 bits per heavy atom. The highest BCUT2D eigenvalue weighted by Crippen LogP contribution is 2.38. The zero-order valence-corrected chi connectivity index (χ0v) is 18.7. The third kappa shape index (κ3) is 3.64. The summed E-state index contributed by atoms with van der Waals surface area (Å²) in [5.74, 6) is 0.859.